The summed E-state index contributed by atoms with van der Waals surface area (Å²) in [6, 6.07) is 18.9. The number of fused-ring (bicyclic) bond motifs is 1. The Morgan fingerprint density at radius 3 is 2.24 bits per heavy atom. The van der Waals surface area contributed by atoms with Gasteiger partial charge in [-0.15, -0.1) is 0 Å². The summed E-state index contributed by atoms with van der Waals surface area (Å²) in [5, 5.41) is 9.42. The monoisotopic (exact) mass is 570 g/mol. The van der Waals surface area contributed by atoms with E-state index in [4.69, 9.17) is 28.9 Å². The molecule has 0 saturated heterocycles. The zero-order valence-electron chi connectivity index (χ0n) is 24.3. The number of methoxy groups -OCH3 is 4. The van der Waals surface area contributed by atoms with E-state index in [0.29, 0.717) is 52.5 Å². The molecule has 11 heteroatoms. The van der Waals surface area contributed by atoms with Gasteiger partial charge in [-0.25, -0.2) is 0 Å². The average molecular weight is 571 g/mol. The SMILES string of the molecule is CNC(=O)c1ccccc1Nc1nc(Nc2cc(OC)c(OC)c(OC)c2)nc2c1CCN2Cc1ccc(OC)cc1. The van der Waals surface area contributed by atoms with Crippen LogP contribution in [0.2, 0.25) is 0 Å². The number of para-hydroxylation sites is 1. The average Bonchev–Trinajstić information content (AvgIpc) is 3.43. The second-order valence-corrected chi connectivity index (χ2v) is 9.51. The molecule has 0 saturated carbocycles. The smallest absolute Gasteiger partial charge is 0.253 e. The summed E-state index contributed by atoms with van der Waals surface area (Å²) in [6.45, 7) is 1.42. The lowest BCUT2D eigenvalue weighted by Crippen LogP contribution is -2.21. The molecule has 0 radical (unpaired) electrons. The number of carbonyl (C=O) groups excluding carboxylic acids is 1. The van der Waals surface area contributed by atoms with Gasteiger partial charge in [-0.05, 0) is 36.2 Å². The van der Waals surface area contributed by atoms with Crippen LogP contribution in [0.1, 0.15) is 21.5 Å². The number of carbonyl (C=O) groups is 1. The third-order valence-electron chi connectivity index (χ3n) is 7.02. The number of aromatic nitrogens is 2. The van der Waals surface area contributed by atoms with Gasteiger partial charge in [0.25, 0.3) is 5.91 Å². The zero-order valence-corrected chi connectivity index (χ0v) is 24.3. The zero-order chi connectivity index (χ0) is 29.6. The van der Waals surface area contributed by atoms with Crippen LogP contribution in [0.5, 0.6) is 23.0 Å². The van der Waals surface area contributed by atoms with Gasteiger partial charge in [-0.1, -0.05) is 24.3 Å². The number of nitrogens with one attached hydrogen (secondary N) is 3. The quantitative estimate of drug-likeness (QED) is 0.229. The first-order valence-corrected chi connectivity index (χ1v) is 13.4. The number of hydrogen-bond acceptors (Lipinski definition) is 10. The predicted molar refractivity (Wildman–Crippen MR) is 162 cm³/mol. The standard InChI is InChI=1S/C31H34N6O5/c1-32-30(38)22-8-6-7-9-24(22)34-28-23-14-15-37(18-19-10-12-21(39-2)13-11-19)29(23)36-31(35-28)33-20-16-25(40-3)27(42-5)26(17-20)41-4/h6-13,16-17H,14-15,18H2,1-5H3,(H,32,38)(H2,33,34,35,36). The van der Waals surface area contributed by atoms with Gasteiger partial charge in [0.15, 0.2) is 11.5 Å². The number of nitrogens with zero attached hydrogens (tertiary/aromatic N) is 3. The fraction of sp³-hybridized carbons (Fsp3) is 0.258. The van der Waals surface area contributed by atoms with Crippen molar-refractivity contribution in [1.29, 1.82) is 0 Å². The second-order valence-electron chi connectivity index (χ2n) is 9.51. The van der Waals surface area contributed by atoms with E-state index in [1.807, 2.05) is 42.5 Å². The number of amides is 1. The summed E-state index contributed by atoms with van der Waals surface area (Å²) < 4.78 is 21.8. The van der Waals surface area contributed by atoms with Crippen LogP contribution in [-0.4, -0.2) is 57.9 Å². The molecule has 1 aliphatic rings. The molecule has 0 atom stereocenters. The summed E-state index contributed by atoms with van der Waals surface area (Å²) in [6.07, 6.45) is 0.737. The molecule has 2 heterocycles. The lowest BCUT2D eigenvalue weighted by molar-refractivity contribution is 0.0964. The van der Waals surface area contributed by atoms with Crippen molar-refractivity contribution in [3.05, 3.63) is 77.4 Å². The Labute approximate surface area is 244 Å². The minimum Gasteiger partial charge on any atom is -0.497 e. The molecule has 0 spiro atoms. The lowest BCUT2D eigenvalue weighted by Gasteiger charge is -2.21. The van der Waals surface area contributed by atoms with E-state index >= 15 is 0 Å². The van der Waals surface area contributed by atoms with Crippen LogP contribution in [0.3, 0.4) is 0 Å². The molecule has 3 N–H and O–H groups in total. The number of hydrogen-bond donors (Lipinski definition) is 3. The molecule has 0 aliphatic carbocycles. The summed E-state index contributed by atoms with van der Waals surface area (Å²) >= 11 is 0. The molecule has 4 aromatic rings. The topological polar surface area (TPSA) is 119 Å². The van der Waals surface area contributed by atoms with Gasteiger partial charge >= 0.3 is 0 Å². The molecule has 3 aromatic carbocycles. The highest BCUT2D eigenvalue weighted by atomic mass is 16.5. The van der Waals surface area contributed by atoms with Crippen LogP contribution in [-0.2, 0) is 13.0 Å². The van der Waals surface area contributed by atoms with Gasteiger partial charge < -0.3 is 39.8 Å². The van der Waals surface area contributed by atoms with Gasteiger partial charge in [0.2, 0.25) is 11.7 Å². The van der Waals surface area contributed by atoms with Crippen LogP contribution < -0.4 is 39.8 Å². The van der Waals surface area contributed by atoms with E-state index in [1.165, 1.54) is 0 Å². The van der Waals surface area contributed by atoms with Crippen molar-refractivity contribution < 1.29 is 23.7 Å². The van der Waals surface area contributed by atoms with Gasteiger partial charge in [0.05, 0.1) is 39.7 Å². The van der Waals surface area contributed by atoms with Crippen molar-refractivity contribution in [3.63, 3.8) is 0 Å². The maximum Gasteiger partial charge on any atom is 0.253 e. The first-order chi connectivity index (χ1) is 20.5. The van der Waals surface area contributed by atoms with E-state index in [9.17, 15) is 4.79 Å². The normalized spacial score (nSPS) is 11.9. The molecule has 1 aliphatic heterocycles. The summed E-state index contributed by atoms with van der Waals surface area (Å²) in [7, 11) is 7.95. The van der Waals surface area contributed by atoms with E-state index in [-0.39, 0.29) is 5.91 Å². The largest absolute Gasteiger partial charge is 0.497 e. The van der Waals surface area contributed by atoms with E-state index in [1.54, 1.807) is 53.7 Å². The summed E-state index contributed by atoms with van der Waals surface area (Å²) in [4.78, 5) is 24.6. The van der Waals surface area contributed by atoms with Gasteiger partial charge in [0.1, 0.15) is 17.4 Å². The summed E-state index contributed by atoms with van der Waals surface area (Å²) in [5.41, 5.74) is 3.90. The van der Waals surface area contributed by atoms with Gasteiger partial charge in [-0.2, -0.15) is 9.97 Å². The minimum atomic E-state index is -0.194. The molecule has 42 heavy (non-hydrogen) atoms. The Morgan fingerprint density at radius 2 is 1.60 bits per heavy atom. The maximum atomic E-state index is 12.6. The van der Waals surface area contributed by atoms with E-state index in [2.05, 4.69) is 20.9 Å². The third-order valence-corrected chi connectivity index (χ3v) is 7.02. The maximum absolute atomic E-state index is 12.6. The number of anilines is 5. The fourth-order valence-electron chi connectivity index (χ4n) is 4.92. The fourth-order valence-corrected chi connectivity index (χ4v) is 4.92. The summed E-state index contributed by atoms with van der Waals surface area (Å²) in [5.74, 6) is 3.88. The Balaban J connectivity index is 1.55. The van der Waals surface area contributed by atoms with Gasteiger partial charge in [0, 0.05) is 43.5 Å². The Hall–Kier alpha value is -5.19. The van der Waals surface area contributed by atoms with Crippen molar-refractivity contribution >= 4 is 34.9 Å². The number of rotatable bonds is 11. The van der Waals surface area contributed by atoms with Gasteiger partial charge in [-0.3, -0.25) is 4.79 Å². The predicted octanol–water partition coefficient (Wildman–Crippen LogP) is 4.92. The lowest BCUT2D eigenvalue weighted by atomic mass is 10.1. The van der Waals surface area contributed by atoms with Crippen LogP contribution >= 0.6 is 0 Å². The Kier molecular flexibility index (Phi) is 8.47. The molecule has 5 rings (SSSR count). The van der Waals surface area contributed by atoms with Crippen molar-refractivity contribution in [2.45, 2.75) is 13.0 Å². The highest BCUT2D eigenvalue weighted by Crippen LogP contribution is 2.41. The first kappa shape index (κ1) is 28.3. The molecule has 0 bridgehead atoms. The first-order valence-electron chi connectivity index (χ1n) is 13.4. The third kappa shape index (κ3) is 5.80. The highest BCUT2D eigenvalue weighted by molar-refractivity contribution is 6.00. The van der Waals surface area contributed by atoms with Crippen molar-refractivity contribution in [2.24, 2.45) is 0 Å². The van der Waals surface area contributed by atoms with Crippen LogP contribution in [0.15, 0.2) is 60.7 Å². The molecule has 218 valence electrons. The molecule has 0 unspecified atom stereocenters. The van der Waals surface area contributed by atoms with Crippen molar-refractivity contribution in [3.8, 4) is 23.0 Å². The second kappa shape index (κ2) is 12.5. The molecular weight excluding hydrogens is 536 g/mol. The van der Waals surface area contributed by atoms with Crippen molar-refractivity contribution in [2.75, 3.05) is 57.6 Å². The number of ether oxygens (including phenoxy) is 4. The molecule has 1 aromatic heterocycles. The van der Waals surface area contributed by atoms with E-state index in [0.717, 1.165) is 35.7 Å². The molecular formula is C31H34N6O5. The number of benzene rings is 3. The highest BCUT2D eigenvalue weighted by Gasteiger charge is 2.27. The molecule has 11 nitrogen and oxygen atoms in total. The van der Waals surface area contributed by atoms with Crippen LogP contribution in [0.4, 0.5) is 29.0 Å². The Morgan fingerprint density at radius 1 is 0.881 bits per heavy atom. The van der Waals surface area contributed by atoms with E-state index < -0.39 is 0 Å². The van der Waals surface area contributed by atoms with Crippen LogP contribution in [0, 0.1) is 0 Å². The van der Waals surface area contributed by atoms with Crippen molar-refractivity contribution in [1.82, 2.24) is 15.3 Å². The Bertz CT molecular complexity index is 1550. The minimum absolute atomic E-state index is 0.194. The molecule has 0 fully saturated rings. The van der Waals surface area contributed by atoms with Crippen LogP contribution in [0.25, 0.3) is 0 Å². The molecule has 1 amide bonds.